The van der Waals surface area contributed by atoms with E-state index in [0.717, 1.165) is 17.0 Å². The van der Waals surface area contributed by atoms with Gasteiger partial charge in [-0.05, 0) is 69.7 Å². The highest BCUT2D eigenvalue weighted by atomic mass is 16.5. The van der Waals surface area contributed by atoms with Crippen LogP contribution in [0.1, 0.15) is 25.1 Å². The Kier molecular flexibility index (Phi) is 7.49. The van der Waals surface area contributed by atoms with Crippen LogP contribution in [0, 0.1) is 13.8 Å². The van der Waals surface area contributed by atoms with Crippen molar-refractivity contribution in [3.63, 3.8) is 0 Å². The van der Waals surface area contributed by atoms with E-state index in [1.165, 1.54) is 0 Å². The van der Waals surface area contributed by atoms with Gasteiger partial charge in [-0.3, -0.25) is 4.98 Å². The van der Waals surface area contributed by atoms with Gasteiger partial charge in [0.15, 0.2) is 0 Å². The van der Waals surface area contributed by atoms with Crippen LogP contribution >= 0.6 is 0 Å². The van der Waals surface area contributed by atoms with Gasteiger partial charge in [0.2, 0.25) is 0 Å². The molecular formula is C24H30N6O2. The minimum Gasteiger partial charge on any atom is -0.463 e. The molecule has 32 heavy (non-hydrogen) atoms. The number of pyridine rings is 1. The number of nitrogens with two attached hydrogens (primary N) is 2. The Balaban J connectivity index is 1.77. The summed E-state index contributed by atoms with van der Waals surface area (Å²) >= 11 is 0. The van der Waals surface area contributed by atoms with Crippen LogP contribution < -0.4 is 21.5 Å². The molecule has 1 saturated heterocycles. The number of ether oxygens (including phenoxy) is 2. The largest absolute Gasteiger partial charge is 0.463 e. The van der Waals surface area contributed by atoms with Crippen LogP contribution in [0.5, 0.6) is 11.5 Å². The summed E-state index contributed by atoms with van der Waals surface area (Å²) in [6.45, 7) is 8.74. The number of aliphatic imine (C=N–C) groups is 2. The Morgan fingerprint density at radius 3 is 2.72 bits per heavy atom. The minimum absolute atomic E-state index is 0.252. The van der Waals surface area contributed by atoms with Crippen LogP contribution in [0.2, 0.25) is 0 Å². The number of amidine groups is 2. The van der Waals surface area contributed by atoms with Crippen molar-refractivity contribution in [2.75, 3.05) is 13.2 Å². The molecule has 0 radical (unpaired) electrons. The van der Waals surface area contributed by atoms with E-state index >= 15 is 0 Å². The maximum absolute atomic E-state index is 6.29. The summed E-state index contributed by atoms with van der Waals surface area (Å²) < 4.78 is 11.4. The number of nitrogens with one attached hydrogen (secondary N) is 1. The molecule has 1 aliphatic heterocycles. The Hall–Kier alpha value is -3.81. The van der Waals surface area contributed by atoms with Crippen LogP contribution in [0.25, 0.3) is 0 Å². The zero-order chi connectivity index (χ0) is 23.1. The van der Waals surface area contributed by atoms with E-state index < -0.39 is 0 Å². The van der Waals surface area contributed by atoms with Gasteiger partial charge in [-0.2, -0.15) is 0 Å². The molecule has 1 atom stereocenters. The average molecular weight is 435 g/mol. The molecule has 0 spiro atoms. The number of hydrogen-bond acceptors (Lipinski definition) is 6. The van der Waals surface area contributed by atoms with Crippen molar-refractivity contribution in [3.05, 3.63) is 71.2 Å². The molecular weight excluding hydrogens is 404 g/mol. The number of benzene rings is 1. The third-order valence-electron chi connectivity index (χ3n) is 4.79. The fourth-order valence-corrected chi connectivity index (χ4v) is 2.99. The second-order valence-electron chi connectivity index (χ2n) is 7.55. The number of aromatic nitrogens is 1. The molecule has 2 heterocycles. The molecule has 0 aliphatic carbocycles. The predicted molar refractivity (Wildman–Crippen MR) is 128 cm³/mol. The number of rotatable bonds is 7. The van der Waals surface area contributed by atoms with Gasteiger partial charge >= 0.3 is 0 Å². The van der Waals surface area contributed by atoms with Crippen molar-refractivity contribution < 1.29 is 9.47 Å². The third-order valence-corrected chi connectivity index (χ3v) is 4.79. The SMILES string of the molecule is C/C=C(N)\C(=C/CN=C1N[C@@H](C)CO1)C(N)=Nc1ccc(Oc2ccc(C)nc2)c(C)c1. The molecule has 0 bridgehead atoms. The molecule has 8 nitrogen and oxygen atoms in total. The number of aryl methyl sites for hydroxylation is 2. The Morgan fingerprint density at radius 1 is 1.28 bits per heavy atom. The minimum atomic E-state index is 0.252. The standard InChI is InChI=1S/C24H30N6O2/c1-5-21(25)20(10-11-27-24-29-17(4)14-31-24)23(26)30-18-7-9-22(15(2)12-18)32-19-8-6-16(3)28-13-19/h5-10,12-13,17H,11,14,25H2,1-4H3,(H2,26,30)(H,27,29)/b20-10+,21-5+/t17-/m0/s1. The maximum atomic E-state index is 6.29. The Labute approximate surface area is 188 Å². The van der Waals surface area contributed by atoms with Crippen molar-refractivity contribution in [1.29, 1.82) is 0 Å². The first-order valence-electron chi connectivity index (χ1n) is 10.5. The van der Waals surface area contributed by atoms with Crippen molar-refractivity contribution in [1.82, 2.24) is 10.3 Å². The summed E-state index contributed by atoms with van der Waals surface area (Å²) in [6.07, 6.45) is 5.32. The first-order valence-corrected chi connectivity index (χ1v) is 10.5. The quantitative estimate of drug-likeness (QED) is 0.348. The van der Waals surface area contributed by atoms with Crippen molar-refractivity contribution in [2.45, 2.75) is 33.7 Å². The van der Waals surface area contributed by atoms with E-state index in [0.29, 0.717) is 47.7 Å². The van der Waals surface area contributed by atoms with Gasteiger partial charge < -0.3 is 26.3 Å². The molecule has 168 valence electrons. The topological polar surface area (TPSA) is 120 Å². The van der Waals surface area contributed by atoms with Crippen molar-refractivity contribution >= 4 is 17.5 Å². The molecule has 5 N–H and O–H groups in total. The van der Waals surface area contributed by atoms with Crippen molar-refractivity contribution in [2.24, 2.45) is 21.5 Å². The predicted octanol–water partition coefficient (Wildman–Crippen LogP) is 3.63. The lowest BCUT2D eigenvalue weighted by Crippen LogP contribution is -2.24. The molecule has 0 unspecified atom stereocenters. The van der Waals surface area contributed by atoms with Gasteiger partial charge in [0.25, 0.3) is 6.02 Å². The van der Waals surface area contributed by atoms with Gasteiger partial charge in [-0.15, -0.1) is 0 Å². The van der Waals surface area contributed by atoms with Crippen LogP contribution in [0.3, 0.4) is 0 Å². The molecule has 1 aromatic heterocycles. The molecule has 0 amide bonds. The number of hydrogen-bond donors (Lipinski definition) is 3. The first-order chi connectivity index (χ1) is 15.4. The fourth-order valence-electron chi connectivity index (χ4n) is 2.99. The maximum Gasteiger partial charge on any atom is 0.285 e. The highest BCUT2D eigenvalue weighted by molar-refractivity contribution is 6.02. The van der Waals surface area contributed by atoms with Crippen LogP contribution in [0.4, 0.5) is 5.69 Å². The van der Waals surface area contributed by atoms with Gasteiger partial charge in [-0.1, -0.05) is 6.08 Å². The summed E-state index contributed by atoms with van der Waals surface area (Å²) in [6, 6.07) is 10.2. The molecule has 1 aromatic carbocycles. The average Bonchev–Trinajstić information content (AvgIpc) is 3.19. The van der Waals surface area contributed by atoms with Gasteiger partial charge in [0.05, 0.1) is 24.5 Å². The summed E-state index contributed by atoms with van der Waals surface area (Å²) in [5.74, 6) is 1.72. The zero-order valence-corrected chi connectivity index (χ0v) is 18.9. The summed E-state index contributed by atoms with van der Waals surface area (Å²) in [5.41, 5.74) is 16.2. The molecule has 0 saturated carbocycles. The number of allylic oxidation sites excluding steroid dienone is 1. The van der Waals surface area contributed by atoms with Crippen LogP contribution in [-0.4, -0.2) is 36.0 Å². The summed E-state index contributed by atoms with van der Waals surface area (Å²) in [5, 5.41) is 3.15. The lowest BCUT2D eigenvalue weighted by Gasteiger charge is -2.10. The second-order valence-corrected chi connectivity index (χ2v) is 7.55. The normalized spacial score (nSPS) is 18.4. The van der Waals surface area contributed by atoms with Crippen LogP contribution in [0.15, 0.2) is 69.9 Å². The Bertz CT molecular complexity index is 1070. The highest BCUT2D eigenvalue weighted by Gasteiger charge is 2.15. The second kappa shape index (κ2) is 10.5. The molecule has 2 aromatic rings. The monoisotopic (exact) mass is 434 g/mol. The Morgan fingerprint density at radius 2 is 2.09 bits per heavy atom. The molecule has 1 fully saturated rings. The van der Waals surface area contributed by atoms with Crippen LogP contribution in [-0.2, 0) is 4.74 Å². The lowest BCUT2D eigenvalue weighted by atomic mass is 10.1. The smallest absolute Gasteiger partial charge is 0.285 e. The van der Waals surface area contributed by atoms with Crippen molar-refractivity contribution in [3.8, 4) is 11.5 Å². The number of nitrogens with zero attached hydrogens (tertiary/aromatic N) is 3. The lowest BCUT2D eigenvalue weighted by molar-refractivity contribution is 0.331. The van der Waals surface area contributed by atoms with Gasteiger partial charge in [0.1, 0.15) is 23.9 Å². The van der Waals surface area contributed by atoms with Gasteiger partial charge in [-0.25, -0.2) is 9.98 Å². The van der Waals surface area contributed by atoms with E-state index in [1.807, 2.05) is 64.1 Å². The van der Waals surface area contributed by atoms with E-state index in [-0.39, 0.29) is 6.04 Å². The van der Waals surface area contributed by atoms with E-state index in [4.69, 9.17) is 20.9 Å². The highest BCUT2D eigenvalue weighted by Crippen LogP contribution is 2.28. The zero-order valence-electron chi connectivity index (χ0n) is 18.9. The summed E-state index contributed by atoms with van der Waals surface area (Å²) in [4.78, 5) is 13.2. The molecule has 1 aliphatic rings. The fraction of sp³-hybridized carbons (Fsp3) is 0.292. The molecule has 8 heteroatoms. The van der Waals surface area contributed by atoms with E-state index in [1.54, 1.807) is 12.3 Å². The molecule has 3 rings (SSSR count). The van der Waals surface area contributed by atoms with Gasteiger partial charge in [0, 0.05) is 17.0 Å². The van der Waals surface area contributed by atoms with E-state index in [9.17, 15) is 0 Å². The summed E-state index contributed by atoms with van der Waals surface area (Å²) in [7, 11) is 0. The first kappa shape index (κ1) is 22.9. The third kappa shape index (κ3) is 6.10. The van der Waals surface area contributed by atoms with E-state index in [2.05, 4.69) is 20.3 Å².